The number of hydrogen-bond donors (Lipinski definition) is 5. The summed E-state index contributed by atoms with van der Waals surface area (Å²) in [5, 5.41) is 19.7. The Morgan fingerprint density at radius 2 is 1.67 bits per heavy atom. The molecule has 1 unspecified atom stereocenters. The van der Waals surface area contributed by atoms with E-state index in [1.807, 2.05) is 0 Å². The second-order valence-electron chi connectivity index (χ2n) is 3.24. The van der Waals surface area contributed by atoms with Crippen LogP contribution in [0.4, 0.5) is 0 Å². The Bertz CT molecular complexity index is 200. The first-order valence-corrected chi connectivity index (χ1v) is 4.62. The molecule has 0 fully saturated rings. The van der Waals surface area contributed by atoms with E-state index in [4.69, 9.17) is 21.7 Å². The summed E-state index contributed by atoms with van der Waals surface area (Å²) in [5.41, 5.74) is 10.5. The van der Waals surface area contributed by atoms with Gasteiger partial charge < -0.3 is 27.0 Å². The second-order valence-corrected chi connectivity index (χ2v) is 3.24. The zero-order chi connectivity index (χ0) is 11.8. The molecule has 7 N–H and O–H groups in total. The van der Waals surface area contributed by atoms with Crippen molar-refractivity contribution >= 4 is 11.9 Å². The normalized spacial score (nSPS) is 14.5. The van der Waals surface area contributed by atoms with Crippen molar-refractivity contribution < 1.29 is 19.8 Å². The summed E-state index contributed by atoms with van der Waals surface area (Å²) in [6.07, 6.45) is 0.921. The van der Waals surface area contributed by atoms with E-state index < -0.39 is 24.0 Å². The zero-order valence-corrected chi connectivity index (χ0v) is 8.35. The molecule has 88 valence electrons. The topological polar surface area (TPSA) is 139 Å². The first kappa shape index (κ1) is 13.8. The standard InChI is InChI=1S/C8H17N3O4/c9-5(7(12)13)2-1-3-11-4-6(10)8(14)15/h5-6,11H,1-4,9-10H2,(H,12,13)(H,14,15)/t5-,6?/m0/s1. The Morgan fingerprint density at radius 3 is 2.13 bits per heavy atom. The minimum absolute atomic E-state index is 0.164. The van der Waals surface area contributed by atoms with E-state index in [2.05, 4.69) is 5.32 Å². The summed E-state index contributed by atoms with van der Waals surface area (Å²) >= 11 is 0. The largest absolute Gasteiger partial charge is 0.480 e. The van der Waals surface area contributed by atoms with Crippen LogP contribution in [0.3, 0.4) is 0 Å². The molecule has 0 heterocycles. The lowest BCUT2D eigenvalue weighted by atomic mass is 10.2. The fourth-order valence-electron chi connectivity index (χ4n) is 0.915. The van der Waals surface area contributed by atoms with Crippen molar-refractivity contribution in [3.8, 4) is 0 Å². The van der Waals surface area contributed by atoms with Crippen LogP contribution < -0.4 is 16.8 Å². The van der Waals surface area contributed by atoms with Gasteiger partial charge in [0.1, 0.15) is 12.1 Å². The van der Waals surface area contributed by atoms with Gasteiger partial charge in [-0.1, -0.05) is 0 Å². The van der Waals surface area contributed by atoms with Gasteiger partial charge in [0, 0.05) is 6.54 Å². The Kier molecular flexibility index (Phi) is 6.59. The lowest BCUT2D eigenvalue weighted by molar-refractivity contribution is -0.139. The van der Waals surface area contributed by atoms with E-state index in [1.54, 1.807) is 0 Å². The molecule has 7 nitrogen and oxygen atoms in total. The zero-order valence-electron chi connectivity index (χ0n) is 8.35. The molecule has 0 radical (unpaired) electrons. The Labute approximate surface area is 87.4 Å². The molecule has 15 heavy (non-hydrogen) atoms. The third kappa shape index (κ3) is 6.83. The van der Waals surface area contributed by atoms with Crippen LogP contribution in [0.5, 0.6) is 0 Å². The highest BCUT2D eigenvalue weighted by atomic mass is 16.4. The Balaban J connectivity index is 3.40. The minimum atomic E-state index is -1.07. The summed E-state index contributed by atoms with van der Waals surface area (Å²) < 4.78 is 0. The highest BCUT2D eigenvalue weighted by Gasteiger charge is 2.11. The molecule has 7 heteroatoms. The summed E-state index contributed by atoms with van der Waals surface area (Å²) in [4.78, 5) is 20.6. The average molecular weight is 219 g/mol. The first-order valence-electron chi connectivity index (χ1n) is 4.62. The number of hydrogen-bond acceptors (Lipinski definition) is 5. The van der Waals surface area contributed by atoms with Crippen molar-refractivity contribution in [1.29, 1.82) is 0 Å². The third-order valence-electron chi connectivity index (χ3n) is 1.87. The van der Waals surface area contributed by atoms with Gasteiger partial charge in [-0.2, -0.15) is 0 Å². The van der Waals surface area contributed by atoms with Gasteiger partial charge in [0.25, 0.3) is 0 Å². The van der Waals surface area contributed by atoms with Gasteiger partial charge in [-0.25, -0.2) is 0 Å². The van der Waals surface area contributed by atoms with Gasteiger partial charge in [-0.15, -0.1) is 0 Å². The van der Waals surface area contributed by atoms with Gasteiger partial charge >= 0.3 is 11.9 Å². The molecule has 0 aromatic carbocycles. The van der Waals surface area contributed by atoms with Crippen LogP contribution >= 0.6 is 0 Å². The number of nitrogens with two attached hydrogens (primary N) is 2. The lowest BCUT2D eigenvalue weighted by Gasteiger charge is -2.09. The summed E-state index contributed by atoms with van der Waals surface area (Å²) in [5.74, 6) is -2.10. The Hall–Kier alpha value is -1.18. The molecule has 2 atom stereocenters. The van der Waals surface area contributed by atoms with Crippen LogP contribution in [0.2, 0.25) is 0 Å². The van der Waals surface area contributed by atoms with Crippen LogP contribution in [-0.2, 0) is 9.59 Å². The number of rotatable bonds is 8. The predicted molar refractivity (Wildman–Crippen MR) is 53.3 cm³/mol. The first-order chi connectivity index (χ1) is 6.95. The van der Waals surface area contributed by atoms with Crippen LogP contribution in [0, 0.1) is 0 Å². The SMILES string of the molecule is NC(CNCCC[C@H](N)C(=O)O)C(=O)O. The third-order valence-corrected chi connectivity index (χ3v) is 1.87. The van der Waals surface area contributed by atoms with Crippen LogP contribution in [0.15, 0.2) is 0 Å². The molecular weight excluding hydrogens is 202 g/mol. The maximum atomic E-state index is 10.3. The quantitative estimate of drug-likeness (QED) is 0.303. The molecule has 0 aromatic rings. The molecule has 0 aromatic heterocycles. The molecule has 0 saturated heterocycles. The molecule has 0 amide bonds. The summed E-state index contributed by atoms with van der Waals surface area (Å²) in [6, 6.07) is -1.79. The minimum Gasteiger partial charge on any atom is -0.480 e. The van der Waals surface area contributed by atoms with Crippen molar-refractivity contribution in [2.75, 3.05) is 13.1 Å². The molecule has 0 rings (SSSR count). The maximum Gasteiger partial charge on any atom is 0.321 e. The van der Waals surface area contributed by atoms with Gasteiger partial charge in [0.15, 0.2) is 0 Å². The van der Waals surface area contributed by atoms with Crippen molar-refractivity contribution in [2.45, 2.75) is 24.9 Å². The highest BCUT2D eigenvalue weighted by Crippen LogP contribution is 1.92. The van der Waals surface area contributed by atoms with Crippen molar-refractivity contribution in [1.82, 2.24) is 5.32 Å². The van der Waals surface area contributed by atoms with Crippen molar-refractivity contribution in [3.63, 3.8) is 0 Å². The van der Waals surface area contributed by atoms with Gasteiger partial charge in [0.05, 0.1) is 0 Å². The fraction of sp³-hybridized carbons (Fsp3) is 0.750. The van der Waals surface area contributed by atoms with E-state index in [9.17, 15) is 9.59 Å². The molecule has 0 bridgehead atoms. The smallest absolute Gasteiger partial charge is 0.321 e. The average Bonchev–Trinajstić information content (AvgIpc) is 2.16. The van der Waals surface area contributed by atoms with E-state index in [1.165, 1.54) is 0 Å². The lowest BCUT2D eigenvalue weighted by Crippen LogP contribution is -2.40. The molecular formula is C8H17N3O4. The number of carbonyl (C=O) groups is 2. The van der Waals surface area contributed by atoms with Gasteiger partial charge in [0.2, 0.25) is 0 Å². The predicted octanol–water partition coefficient (Wildman–Crippen LogP) is -1.82. The van der Waals surface area contributed by atoms with E-state index in [-0.39, 0.29) is 6.54 Å². The molecule has 0 spiro atoms. The summed E-state index contributed by atoms with van der Waals surface area (Å²) in [6.45, 7) is 0.666. The van der Waals surface area contributed by atoms with Gasteiger partial charge in [-0.05, 0) is 19.4 Å². The fourth-order valence-corrected chi connectivity index (χ4v) is 0.915. The molecule has 0 aliphatic carbocycles. The van der Waals surface area contributed by atoms with Gasteiger partial charge in [-0.3, -0.25) is 9.59 Å². The maximum absolute atomic E-state index is 10.3. The molecule has 0 aliphatic heterocycles. The summed E-state index contributed by atoms with van der Waals surface area (Å²) in [7, 11) is 0. The Morgan fingerprint density at radius 1 is 1.13 bits per heavy atom. The van der Waals surface area contributed by atoms with Crippen molar-refractivity contribution in [3.05, 3.63) is 0 Å². The van der Waals surface area contributed by atoms with Crippen molar-refractivity contribution in [2.24, 2.45) is 11.5 Å². The second kappa shape index (κ2) is 7.16. The van der Waals surface area contributed by atoms with E-state index in [0.29, 0.717) is 19.4 Å². The van der Waals surface area contributed by atoms with E-state index in [0.717, 1.165) is 0 Å². The molecule has 0 aliphatic rings. The molecule has 0 saturated carbocycles. The highest BCUT2D eigenvalue weighted by molar-refractivity contribution is 5.73. The van der Waals surface area contributed by atoms with Crippen LogP contribution in [0.25, 0.3) is 0 Å². The number of carboxylic acid groups (broad SMARTS) is 2. The monoisotopic (exact) mass is 219 g/mol. The number of aliphatic carboxylic acids is 2. The number of nitrogens with one attached hydrogen (secondary N) is 1. The van der Waals surface area contributed by atoms with Crippen LogP contribution in [0.1, 0.15) is 12.8 Å². The van der Waals surface area contributed by atoms with E-state index >= 15 is 0 Å². The number of carboxylic acids is 2. The van der Waals surface area contributed by atoms with Crippen LogP contribution in [-0.4, -0.2) is 47.3 Å².